The van der Waals surface area contributed by atoms with E-state index < -0.39 is 29.6 Å². The second kappa shape index (κ2) is 6.46. The molecule has 1 amide bonds. The minimum Gasteiger partial charge on any atom is -0.463 e. The summed E-state index contributed by atoms with van der Waals surface area (Å²) in [5.74, 6) is -0.503. The van der Waals surface area contributed by atoms with Gasteiger partial charge in [0.15, 0.2) is 12.1 Å². The Kier molecular flexibility index (Phi) is 4.12. The van der Waals surface area contributed by atoms with Crippen molar-refractivity contribution in [3.05, 3.63) is 71.8 Å². The number of nitrogens with zero attached hydrogens (tertiary/aromatic N) is 1. The first-order valence-corrected chi connectivity index (χ1v) is 8.50. The molecule has 2 aliphatic heterocycles. The summed E-state index contributed by atoms with van der Waals surface area (Å²) in [5, 5.41) is 10.2. The highest BCUT2D eigenvalue weighted by Crippen LogP contribution is 2.41. The Bertz CT molecular complexity index is 809. The SMILES string of the molecule is O=C1OC[C@](CO)(c2ccccc2)[C@H]2OC(=O)N(Cc3ccccc3)[C@@H]12. The van der Waals surface area contributed by atoms with E-state index in [1.807, 2.05) is 60.7 Å². The normalized spacial score (nSPS) is 27.7. The van der Waals surface area contributed by atoms with Crippen molar-refractivity contribution in [3.8, 4) is 0 Å². The number of cyclic esters (lactones) is 1. The molecule has 0 aromatic heterocycles. The van der Waals surface area contributed by atoms with Crippen LogP contribution in [0.1, 0.15) is 11.1 Å². The molecule has 6 nitrogen and oxygen atoms in total. The van der Waals surface area contributed by atoms with E-state index in [2.05, 4.69) is 0 Å². The number of aliphatic hydroxyl groups excluding tert-OH is 1. The number of ether oxygens (including phenoxy) is 2. The van der Waals surface area contributed by atoms with Gasteiger partial charge in [0.25, 0.3) is 0 Å². The van der Waals surface area contributed by atoms with Crippen LogP contribution in [0.4, 0.5) is 4.79 Å². The Morgan fingerprint density at radius 3 is 2.35 bits per heavy atom. The maximum Gasteiger partial charge on any atom is 0.411 e. The zero-order valence-electron chi connectivity index (χ0n) is 14.1. The van der Waals surface area contributed by atoms with E-state index in [1.165, 1.54) is 4.90 Å². The second-order valence-electron chi connectivity index (χ2n) is 6.65. The van der Waals surface area contributed by atoms with Gasteiger partial charge in [-0.1, -0.05) is 60.7 Å². The molecule has 134 valence electrons. The molecule has 4 rings (SSSR count). The Hall–Kier alpha value is -2.86. The van der Waals surface area contributed by atoms with Gasteiger partial charge < -0.3 is 14.6 Å². The molecule has 2 heterocycles. The minimum atomic E-state index is -0.971. The Morgan fingerprint density at radius 1 is 1.04 bits per heavy atom. The van der Waals surface area contributed by atoms with Crippen LogP contribution in [-0.2, 0) is 26.2 Å². The molecule has 0 radical (unpaired) electrons. The zero-order chi connectivity index (χ0) is 18.1. The van der Waals surface area contributed by atoms with Crippen LogP contribution in [0.15, 0.2) is 60.7 Å². The lowest BCUT2D eigenvalue weighted by molar-refractivity contribution is -0.165. The number of carbonyl (C=O) groups is 2. The Balaban J connectivity index is 1.71. The van der Waals surface area contributed by atoms with Crippen LogP contribution >= 0.6 is 0 Å². The summed E-state index contributed by atoms with van der Waals surface area (Å²) >= 11 is 0. The van der Waals surface area contributed by atoms with Crippen LogP contribution < -0.4 is 0 Å². The molecule has 0 spiro atoms. The fourth-order valence-electron chi connectivity index (χ4n) is 3.74. The molecule has 2 aromatic rings. The van der Waals surface area contributed by atoms with Crippen LogP contribution in [0.2, 0.25) is 0 Å². The van der Waals surface area contributed by atoms with Gasteiger partial charge >= 0.3 is 12.1 Å². The number of fused-ring (bicyclic) bond motifs is 1. The number of esters is 1. The molecule has 26 heavy (non-hydrogen) atoms. The van der Waals surface area contributed by atoms with Crippen LogP contribution in [-0.4, -0.2) is 47.4 Å². The monoisotopic (exact) mass is 353 g/mol. The van der Waals surface area contributed by atoms with Crippen molar-refractivity contribution in [1.29, 1.82) is 0 Å². The molecular formula is C20H19NO5. The quantitative estimate of drug-likeness (QED) is 0.849. The van der Waals surface area contributed by atoms with Crippen molar-refractivity contribution in [3.63, 3.8) is 0 Å². The van der Waals surface area contributed by atoms with E-state index in [-0.39, 0.29) is 19.8 Å². The number of amides is 1. The minimum absolute atomic E-state index is 0.0278. The van der Waals surface area contributed by atoms with Gasteiger partial charge in [0.1, 0.15) is 6.61 Å². The summed E-state index contributed by atoms with van der Waals surface area (Å²) in [6.07, 6.45) is -1.37. The standard InChI is InChI=1S/C20H19NO5/c22-12-20(15-9-5-2-6-10-15)13-25-18(23)16-17(20)26-19(24)21(16)11-14-7-3-1-4-8-14/h1-10,16-17,22H,11-13H2/t16-,17+,20-/m1/s1. The van der Waals surface area contributed by atoms with Crippen LogP contribution in [0.3, 0.4) is 0 Å². The zero-order valence-corrected chi connectivity index (χ0v) is 14.1. The fraction of sp³-hybridized carbons (Fsp3) is 0.300. The molecule has 0 bridgehead atoms. The molecule has 0 aliphatic carbocycles. The first kappa shape index (κ1) is 16.6. The number of benzene rings is 2. The lowest BCUT2D eigenvalue weighted by Gasteiger charge is -2.42. The predicted molar refractivity (Wildman–Crippen MR) is 92.2 cm³/mol. The van der Waals surface area contributed by atoms with Gasteiger partial charge in [-0.25, -0.2) is 9.59 Å². The van der Waals surface area contributed by atoms with Gasteiger partial charge in [0, 0.05) is 0 Å². The molecule has 0 saturated carbocycles. The fourth-order valence-corrected chi connectivity index (χ4v) is 3.74. The highest BCUT2D eigenvalue weighted by molar-refractivity contribution is 5.86. The topological polar surface area (TPSA) is 76.1 Å². The van der Waals surface area contributed by atoms with E-state index >= 15 is 0 Å². The van der Waals surface area contributed by atoms with Crippen LogP contribution in [0.5, 0.6) is 0 Å². The highest BCUT2D eigenvalue weighted by Gasteiger charge is 2.61. The first-order valence-electron chi connectivity index (χ1n) is 8.50. The van der Waals surface area contributed by atoms with E-state index in [0.29, 0.717) is 0 Å². The first-order chi connectivity index (χ1) is 12.7. The molecule has 2 aromatic carbocycles. The third-order valence-corrected chi connectivity index (χ3v) is 5.17. The summed E-state index contributed by atoms with van der Waals surface area (Å²) in [7, 11) is 0. The largest absolute Gasteiger partial charge is 0.463 e. The summed E-state index contributed by atoms with van der Waals surface area (Å²) in [5.41, 5.74) is 0.693. The van der Waals surface area contributed by atoms with Gasteiger partial charge in [-0.15, -0.1) is 0 Å². The number of carbonyl (C=O) groups excluding carboxylic acids is 2. The number of rotatable bonds is 4. The Morgan fingerprint density at radius 2 is 1.69 bits per heavy atom. The van der Waals surface area contributed by atoms with E-state index in [0.717, 1.165) is 11.1 Å². The summed E-state index contributed by atoms with van der Waals surface area (Å²) in [6, 6.07) is 17.7. The van der Waals surface area contributed by atoms with Gasteiger partial charge in [-0.05, 0) is 11.1 Å². The smallest absolute Gasteiger partial charge is 0.411 e. The van der Waals surface area contributed by atoms with Gasteiger partial charge in [-0.2, -0.15) is 0 Å². The van der Waals surface area contributed by atoms with Crippen molar-refractivity contribution >= 4 is 12.1 Å². The third kappa shape index (κ3) is 2.54. The van der Waals surface area contributed by atoms with Crippen molar-refractivity contribution in [2.75, 3.05) is 13.2 Å². The molecule has 6 heteroatoms. The number of hydrogen-bond donors (Lipinski definition) is 1. The van der Waals surface area contributed by atoms with E-state index in [4.69, 9.17) is 9.47 Å². The van der Waals surface area contributed by atoms with Gasteiger partial charge in [-0.3, -0.25) is 4.90 Å². The van der Waals surface area contributed by atoms with Crippen LogP contribution in [0.25, 0.3) is 0 Å². The maximum atomic E-state index is 12.5. The number of aliphatic hydroxyl groups is 1. The van der Waals surface area contributed by atoms with Crippen molar-refractivity contribution in [1.82, 2.24) is 4.90 Å². The van der Waals surface area contributed by atoms with Gasteiger partial charge in [0.2, 0.25) is 0 Å². The van der Waals surface area contributed by atoms with Crippen LogP contribution in [0, 0.1) is 0 Å². The highest BCUT2D eigenvalue weighted by atomic mass is 16.6. The summed E-state index contributed by atoms with van der Waals surface area (Å²) < 4.78 is 11.0. The summed E-state index contributed by atoms with van der Waals surface area (Å²) in [6.45, 7) is -0.0792. The van der Waals surface area contributed by atoms with Crippen molar-refractivity contribution < 1.29 is 24.2 Å². The van der Waals surface area contributed by atoms with Gasteiger partial charge in [0.05, 0.1) is 18.6 Å². The molecular weight excluding hydrogens is 334 g/mol. The van der Waals surface area contributed by atoms with E-state index in [1.54, 1.807) is 0 Å². The molecule has 1 N–H and O–H groups in total. The second-order valence-corrected chi connectivity index (χ2v) is 6.65. The summed E-state index contributed by atoms with van der Waals surface area (Å²) in [4.78, 5) is 26.4. The third-order valence-electron chi connectivity index (χ3n) is 5.17. The predicted octanol–water partition coefficient (Wildman–Crippen LogP) is 1.86. The molecule has 3 atom stereocenters. The Labute approximate surface area is 151 Å². The van der Waals surface area contributed by atoms with E-state index in [9.17, 15) is 14.7 Å². The lowest BCUT2D eigenvalue weighted by Crippen LogP contribution is -2.60. The van der Waals surface area contributed by atoms with Crippen molar-refractivity contribution in [2.45, 2.75) is 24.1 Å². The lowest BCUT2D eigenvalue weighted by atomic mass is 9.73. The maximum absolute atomic E-state index is 12.5. The number of hydrogen-bond acceptors (Lipinski definition) is 5. The molecule has 2 fully saturated rings. The average molecular weight is 353 g/mol. The molecule has 0 unspecified atom stereocenters. The van der Waals surface area contributed by atoms with Crippen molar-refractivity contribution in [2.24, 2.45) is 0 Å². The average Bonchev–Trinajstić information content (AvgIpc) is 3.02. The molecule has 2 aliphatic rings. The molecule has 2 saturated heterocycles.